The number of halogens is 1. The van der Waals surface area contributed by atoms with Crippen LogP contribution in [0.25, 0.3) is 10.9 Å². The van der Waals surface area contributed by atoms with Crippen LogP contribution in [-0.2, 0) is 16.6 Å². The molecule has 1 aromatic heterocycles. The smallest absolute Gasteiger partial charge is 0.240 e. The minimum absolute atomic E-state index is 0.363. The molecule has 106 valence electrons. The zero-order valence-corrected chi connectivity index (χ0v) is 12.0. The van der Waals surface area contributed by atoms with Crippen LogP contribution in [0.1, 0.15) is 5.56 Å². The summed E-state index contributed by atoms with van der Waals surface area (Å²) in [6.45, 7) is 0.363. The molecule has 0 N–H and O–H groups in total. The Balaban J connectivity index is 2.18. The Morgan fingerprint density at radius 3 is 2.75 bits per heavy atom. The lowest BCUT2D eigenvalue weighted by atomic mass is 10.1. The maximum Gasteiger partial charge on any atom is 0.304 e. The van der Waals surface area contributed by atoms with E-state index in [1.54, 1.807) is 6.07 Å². The molecule has 0 aliphatic carbocycles. The normalized spacial score (nSPS) is 15.1. The van der Waals surface area contributed by atoms with Crippen molar-refractivity contribution in [3.63, 3.8) is 0 Å². The van der Waals surface area contributed by atoms with Crippen LogP contribution in [0.5, 0.6) is 0 Å². The molecule has 0 saturated heterocycles. The van der Waals surface area contributed by atoms with Crippen molar-refractivity contribution in [3.05, 3.63) is 35.6 Å². The first-order valence-electron chi connectivity index (χ1n) is 6.19. The van der Waals surface area contributed by atoms with Crippen LogP contribution in [0.4, 0.5) is 10.2 Å². The first-order chi connectivity index (χ1) is 9.39. The van der Waals surface area contributed by atoms with Gasteiger partial charge in [0.1, 0.15) is 11.6 Å². The molecule has 0 fully saturated rings. The van der Waals surface area contributed by atoms with Crippen molar-refractivity contribution in [2.45, 2.75) is 6.42 Å². The highest BCUT2D eigenvalue weighted by atomic mass is 32.2. The Labute approximate surface area is 116 Å². The standard InChI is InChI=1S/C13H14FN3O2S/c1-16(2)20(18,19)17-6-5-10-7-9-3-4-11(14)8-12(9)15-13(10)17/h3-4,7-8H,5-6H2,1-2H3. The molecule has 5 nitrogen and oxygen atoms in total. The monoisotopic (exact) mass is 295 g/mol. The number of fused-ring (bicyclic) bond motifs is 2. The van der Waals surface area contributed by atoms with E-state index in [1.807, 2.05) is 6.07 Å². The van der Waals surface area contributed by atoms with E-state index in [0.29, 0.717) is 24.3 Å². The van der Waals surface area contributed by atoms with Gasteiger partial charge in [-0.1, -0.05) is 0 Å². The van der Waals surface area contributed by atoms with Gasteiger partial charge in [-0.05, 0) is 30.2 Å². The summed E-state index contributed by atoms with van der Waals surface area (Å²) in [5, 5.41) is 0.814. The van der Waals surface area contributed by atoms with Crippen molar-refractivity contribution in [1.82, 2.24) is 9.29 Å². The molecule has 1 aliphatic rings. The molecule has 1 aliphatic heterocycles. The van der Waals surface area contributed by atoms with Gasteiger partial charge >= 0.3 is 10.2 Å². The minimum atomic E-state index is -3.56. The molecule has 0 saturated carbocycles. The average molecular weight is 295 g/mol. The molecule has 2 aromatic rings. The number of pyridine rings is 1. The zero-order chi connectivity index (χ0) is 14.5. The van der Waals surface area contributed by atoms with Gasteiger partial charge in [-0.15, -0.1) is 0 Å². The lowest BCUT2D eigenvalue weighted by molar-refractivity contribution is 0.516. The summed E-state index contributed by atoms with van der Waals surface area (Å²) in [5.41, 5.74) is 1.33. The second-order valence-electron chi connectivity index (χ2n) is 4.92. The molecule has 7 heteroatoms. The largest absolute Gasteiger partial charge is 0.304 e. The molecule has 0 bridgehead atoms. The maximum absolute atomic E-state index is 13.3. The molecule has 0 radical (unpaired) electrons. The molecule has 0 unspecified atom stereocenters. The first-order valence-corrected chi connectivity index (χ1v) is 7.58. The SMILES string of the molecule is CN(C)S(=O)(=O)N1CCc2cc3ccc(F)cc3nc21. The molecule has 0 atom stereocenters. The number of nitrogens with zero attached hydrogens (tertiary/aromatic N) is 3. The summed E-state index contributed by atoms with van der Waals surface area (Å²) in [6, 6.07) is 6.22. The predicted molar refractivity (Wildman–Crippen MR) is 75.4 cm³/mol. The van der Waals surface area contributed by atoms with Crippen LogP contribution >= 0.6 is 0 Å². The second-order valence-corrected chi connectivity index (χ2v) is 6.99. The molecule has 0 spiro atoms. The highest BCUT2D eigenvalue weighted by Gasteiger charge is 2.32. The van der Waals surface area contributed by atoms with Crippen LogP contribution < -0.4 is 4.31 Å². The molecule has 0 amide bonds. The summed E-state index contributed by atoms with van der Waals surface area (Å²) >= 11 is 0. The van der Waals surface area contributed by atoms with E-state index in [2.05, 4.69) is 4.98 Å². The first kappa shape index (κ1) is 13.3. The van der Waals surface area contributed by atoms with E-state index in [9.17, 15) is 12.8 Å². The number of hydrogen-bond donors (Lipinski definition) is 0. The van der Waals surface area contributed by atoms with Crippen LogP contribution in [0.2, 0.25) is 0 Å². The molecule has 1 aromatic carbocycles. The predicted octanol–water partition coefficient (Wildman–Crippen LogP) is 1.54. The van der Waals surface area contributed by atoms with E-state index in [0.717, 1.165) is 15.3 Å². The van der Waals surface area contributed by atoms with E-state index in [-0.39, 0.29) is 5.82 Å². The Morgan fingerprint density at radius 2 is 2.05 bits per heavy atom. The van der Waals surface area contributed by atoms with Gasteiger partial charge in [0, 0.05) is 32.1 Å². The van der Waals surface area contributed by atoms with Crippen LogP contribution in [0.15, 0.2) is 24.3 Å². The van der Waals surface area contributed by atoms with Crippen LogP contribution in [-0.4, -0.2) is 38.3 Å². The molecule has 20 heavy (non-hydrogen) atoms. The van der Waals surface area contributed by atoms with Crippen molar-refractivity contribution < 1.29 is 12.8 Å². The Bertz CT molecular complexity index is 790. The second kappa shape index (κ2) is 4.39. The van der Waals surface area contributed by atoms with Gasteiger partial charge in [-0.2, -0.15) is 12.7 Å². The third kappa shape index (κ3) is 1.94. The van der Waals surface area contributed by atoms with Gasteiger partial charge in [0.15, 0.2) is 0 Å². The van der Waals surface area contributed by atoms with Crippen molar-refractivity contribution >= 4 is 26.9 Å². The molecule has 3 rings (SSSR count). The topological polar surface area (TPSA) is 53.5 Å². The van der Waals surface area contributed by atoms with Crippen LogP contribution in [0.3, 0.4) is 0 Å². The van der Waals surface area contributed by atoms with Crippen molar-refractivity contribution in [3.8, 4) is 0 Å². The van der Waals surface area contributed by atoms with Crippen molar-refractivity contribution in [2.24, 2.45) is 0 Å². The molecule has 2 heterocycles. The van der Waals surface area contributed by atoms with Crippen molar-refractivity contribution in [2.75, 3.05) is 24.9 Å². The highest BCUT2D eigenvalue weighted by Crippen LogP contribution is 2.31. The minimum Gasteiger partial charge on any atom is -0.240 e. The fraction of sp³-hybridized carbons (Fsp3) is 0.308. The van der Waals surface area contributed by atoms with E-state index < -0.39 is 10.2 Å². The van der Waals surface area contributed by atoms with Gasteiger partial charge in [0.2, 0.25) is 0 Å². The summed E-state index contributed by atoms with van der Waals surface area (Å²) in [5.74, 6) is 0.0155. The summed E-state index contributed by atoms with van der Waals surface area (Å²) in [4.78, 5) is 4.33. The number of benzene rings is 1. The molecular formula is C13H14FN3O2S. The average Bonchev–Trinajstić information content (AvgIpc) is 2.79. The Kier molecular flexibility index (Phi) is 2.91. The number of anilines is 1. The third-order valence-corrected chi connectivity index (χ3v) is 5.23. The fourth-order valence-corrected chi connectivity index (χ4v) is 3.42. The summed E-state index contributed by atoms with van der Waals surface area (Å²) < 4.78 is 40.2. The maximum atomic E-state index is 13.3. The summed E-state index contributed by atoms with van der Waals surface area (Å²) in [7, 11) is -0.598. The van der Waals surface area contributed by atoms with Gasteiger partial charge in [0.05, 0.1) is 5.52 Å². The third-order valence-electron chi connectivity index (χ3n) is 3.40. The van der Waals surface area contributed by atoms with E-state index in [4.69, 9.17) is 0 Å². The fourth-order valence-electron chi connectivity index (χ4n) is 2.32. The van der Waals surface area contributed by atoms with Gasteiger partial charge in [-0.3, -0.25) is 0 Å². The quantitative estimate of drug-likeness (QED) is 0.844. The number of aromatic nitrogens is 1. The number of hydrogen-bond acceptors (Lipinski definition) is 3. The Morgan fingerprint density at radius 1 is 1.30 bits per heavy atom. The number of rotatable bonds is 2. The lowest BCUT2D eigenvalue weighted by Crippen LogP contribution is -2.39. The van der Waals surface area contributed by atoms with Gasteiger partial charge < -0.3 is 0 Å². The van der Waals surface area contributed by atoms with Crippen molar-refractivity contribution in [1.29, 1.82) is 0 Å². The van der Waals surface area contributed by atoms with E-state index in [1.165, 1.54) is 30.5 Å². The zero-order valence-electron chi connectivity index (χ0n) is 11.2. The van der Waals surface area contributed by atoms with Gasteiger partial charge in [-0.25, -0.2) is 13.7 Å². The molecular weight excluding hydrogens is 281 g/mol. The van der Waals surface area contributed by atoms with E-state index >= 15 is 0 Å². The van der Waals surface area contributed by atoms with Crippen LogP contribution in [0, 0.1) is 5.82 Å². The lowest BCUT2D eigenvalue weighted by Gasteiger charge is -2.22. The summed E-state index contributed by atoms with van der Waals surface area (Å²) in [6.07, 6.45) is 0.614. The van der Waals surface area contributed by atoms with Gasteiger partial charge in [0.25, 0.3) is 0 Å². The Hall–Kier alpha value is -1.73. The highest BCUT2D eigenvalue weighted by molar-refractivity contribution is 7.90.